The molecule has 4 heteroatoms. The lowest BCUT2D eigenvalue weighted by Crippen LogP contribution is -2.24. The number of hydrazone groups is 1. The molecule has 1 aromatic carbocycles. The Kier molecular flexibility index (Phi) is 4.98. The molecule has 19 heavy (non-hydrogen) atoms. The van der Waals surface area contributed by atoms with Crippen LogP contribution < -0.4 is 5.43 Å². The average molecular weight is 260 g/mol. The predicted octanol–water partition coefficient (Wildman–Crippen LogP) is 2.80. The van der Waals surface area contributed by atoms with Crippen molar-refractivity contribution in [2.45, 2.75) is 34.1 Å². The molecule has 0 aliphatic rings. The number of carbonyl (C=O) groups excluding carboxylic acids is 2. The zero-order valence-electron chi connectivity index (χ0n) is 11.9. The highest BCUT2D eigenvalue weighted by molar-refractivity contribution is 6.03. The Hall–Kier alpha value is -1.97. The predicted molar refractivity (Wildman–Crippen MR) is 76.1 cm³/mol. The van der Waals surface area contributed by atoms with E-state index >= 15 is 0 Å². The second-order valence-electron chi connectivity index (χ2n) is 5.50. The van der Waals surface area contributed by atoms with Crippen LogP contribution in [0.4, 0.5) is 0 Å². The maximum Gasteiger partial charge on any atom is 0.271 e. The Morgan fingerprint density at radius 3 is 2.26 bits per heavy atom. The van der Waals surface area contributed by atoms with Crippen molar-refractivity contribution in [1.82, 2.24) is 5.43 Å². The van der Waals surface area contributed by atoms with Gasteiger partial charge < -0.3 is 0 Å². The van der Waals surface area contributed by atoms with Crippen molar-refractivity contribution < 1.29 is 9.59 Å². The van der Waals surface area contributed by atoms with E-state index in [0.29, 0.717) is 11.3 Å². The average Bonchev–Trinajstić information content (AvgIpc) is 2.35. The number of amides is 1. The monoisotopic (exact) mass is 260 g/mol. The third kappa shape index (κ3) is 5.04. The van der Waals surface area contributed by atoms with Crippen molar-refractivity contribution in [1.29, 1.82) is 0 Å². The van der Waals surface area contributed by atoms with Crippen LogP contribution in [-0.4, -0.2) is 17.4 Å². The topological polar surface area (TPSA) is 58.5 Å². The van der Waals surface area contributed by atoms with Crippen LogP contribution >= 0.6 is 0 Å². The number of carbonyl (C=O) groups is 2. The van der Waals surface area contributed by atoms with Crippen LogP contribution in [0.2, 0.25) is 0 Å². The van der Waals surface area contributed by atoms with Gasteiger partial charge in [-0.25, -0.2) is 5.43 Å². The molecule has 0 radical (unpaired) electrons. The smallest absolute Gasteiger partial charge is 0.271 e. The first-order chi connectivity index (χ1) is 8.80. The fourth-order valence-electron chi connectivity index (χ4n) is 1.34. The molecule has 0 aliphatic carbocycles. The fourth-order valence-corrected chi connectivity index (χ4v) is 1.34. The summed E-state index contributed by atoms with van der Waals surface area (Å²) in [7, 11) is 0. The van der Waals surface area contributed by atoms with Gasteiger partial charge in [-0.2, -0.15) is 5.10 Å². The van der Waals surface area contributed by atoms with E-state index in [1.165, 1.54) is 0 Å². The molecule has 0 bridgehead atoms. The molecule has 1 aromatic rings. The van der Waals surface area contributed by atoms with Gasteiger partial charge in [0.05, 0.1) is 0 Å². The van der Waals surface area contributed by atoms with Gasteiger partial charge in [0, 0.05) is 23.1 Å². The van der Waals surface area contributed by atoms with Gasteiger partial charge in [0.15, 0.2) is 0 Å². The summed E-state index contributed by atoms with van der Waals surface area (Å²) >= 11 is 0. The highest BCUT2D eigenvalue weighted by Gasteiger charge is 2.21. The summed E-state index contributed by atoms with van der Waals surface area (Å²) in [5, 5.41) is 3.95. The zero-order valence-corrected chi connectivity index (χ0v) is 11.9. The Labute approximate surface area is 113 Å². The Balaban J connectivity index is 2.58. The molecule has 0 fully saturated rings. The molecule has 0 aliphatic heterocycles. The Morgan fingerprint density at radius 1 is 1.16 bits per heavy atom. The summed E-state index contributed by atoms with van der Waals surface area (Å²) in [5.41, 5.74) is 3.21. The van der Waals surface area contributed by atoms with E-state index in [1.807, 2.05) is 26.8 Å². The second-order valence-corrected chi connectivity index (χ2v) is 5.50. The van der Waals surface area contributed by atoms with Crippen LogP contribution in [0.1, 0.15) is 44.5 Å². The Bertz CT molecular complexity index is 485. The van der Waals surface area contributed by atoms with E-state index < -0.39 is 0 Å². The van der Waals surface area contributed by atoms with E-state index in [4.69, 9.17) is 0 Å². The van der Waals surface area contributed by atoms with Crippen LogP contribution in [0, 0.1) is 5.41 Å². The number of nitrogens with zero attached hydrogens (tertiary/aromatic N) is 1. The number of ketones is 1. The summed E-state index contributed by atoms with van der Waals surface area (Å²) < 4.78 is 0. The van der Waals surface area contributed by atoms with Crippen molar-refractivity contribution in [2.24, 2.45) is 10.5 Å². The molecule has 0 saturated carbocycles. The first kappa shape index (κ1) is 15.1. The second kappa shape index (κ2) is 6.27. The number of rotatable bonds is 4. The van der Waals surface area contributed by atoms with Crippen molar-refractivity contribution >= 4 is 17.4 Å². The van der Waals surface area contributed by atoms with Gasteiger partial charge in [-0.1, -0.05) is 39.0 Å². The minimum absolute atomic E-state index is 0.0997. The third-order valence-electron chi connectivity index (χ3n) is 2.64. The van der Waals surface area contributed by atoms with Crippen molar-refractivity contribution in [3.8, 4) is 0 Å². The molecule has 0 heterocycles. The molecule has 0 saturated heterocycles. The largest absolute Gasteiger partial charge is 0.299 e. The van der Waals surface area contributed by atoms with Crippen LogP contribution in [0.15, 0.2) is 35.4 Å². The molecule has 1 amide bonds. The maximum absolute atomic E-state index is 11.8. The summed E-state index contributed by atoms with van der Waals surface area (Å²) in [5.74, 6) is -0.175. The van der Waals surface area contributed by atoms with Crippen LogP contribution in [0.5, 0.6) is 0 Å². The maximum atomic E-state index is 11.8. The lowest BCUT2D eigenvalue weighted by atomic mass is 9.88. The van der Waals surface area contributed by atoms with Crippen LogP contribution in [0.3, 0.4) is 0 Å². The molecule has 1 N–H and O–H groups in total. The molecule has 0 atom stereocenters. The van der Waals surface area contributed by atoms with Gasteiger partial charge in [0.1, 0.15) is 5.78 Å². The van der Waals surface area contributed by atoms with E-state index in [1.54, 1.807) is 31.2 Å². The molecule has 0 spiro atoms. The molecule has 0 unspecified atom stereocenters. The van der Waals surface area contributed by atoms with E-state index in [9.17, 15) is 9.59 Å². The highest BCUT2D eigenvalue weighted by Crippen LogP contribution is 2.16. The van der Waals surface area contributed by atoms with E-state index in [2.05, 4.69) is 10.5 Å². The normalized spacial score (nSPS) is 12.1. The van der Waals surface area contributed by atoms with Gasteiger partial charge >= 0.3 is 0 Å². The molecular weight excluding hydrogens is 240 g/mol. The minimum Gasteiger partial charge on any atom is -0.299 e. The fraction of sp³-hybridized carbons (Fsp3) is 0.400. The molecular formula is C15H20N2O2. The number of benzene rings is 1. The number of nitrogens with one attached hydrogen (secondary N) is 1. The molecule has 1 rings (SSSR count). The third-order valence-corrected chi connectivity index (χ3v) is 2.64. The number of Topliss-reactive ketones (excluding diaryl/α,β-unsaturated/α-hetero) is 1. The number of hydrogen-bond acceptors (Lipinski definition) is 3. The summed E-state index contributed by atoms with van der Waals surface area (Å²) in [6.45, 7) is 7.33. The Morgan fingerprint density at radius 2 is 1.74 bits per heavy atom. The van der Waals surface area contributed by atoms with Gasteiger partial charge in [-0.05, 0) is 19.1 Å². The number of hydrogen-bond donors (Lipinski definition) is 1. The van der Waals surface area contributed by atoms with Crippen molar-refractivity contribution in [3.63, 3.8) is 0 Å². The molecule has 102 valence electrons. The summed E-state index contributed by atoms with van der Waals surface area (Å²) in [4.78, 5) is 23.5. The minimum atomic E-state index is -0.389. The molecule has 0 aromatic heterocycles. The van der Waals surface area contributed by atoms with Gasteiger partial charge in [-0.15, -0.1) is 0 Å². The van der Waals surface area contributed by atoms with Gasteiger partial charge in [0.25, 0.3) is 5.91 Å². The van der Waals surface area contributed by atoms with Crippen LogP contribution in [0.25, 0.3) is 0 Å². The first-order valence-corrected chi connectivity index (χ1v) is 6.22. The quantitative estimate of drug-likeness (QED) is 0.668. The van der Waals surface area contributed by atoms with Crippen molar-refractivity contribution in [3.05, 3.63) is 35.9 Å². The lowest BCUT2D eigenvalue weighted by molar-refractivity contribution is -0.125. The lowest BCUT2D eigenvalue weighted by Gasteiger charge is -2.15. The highest BCUT2D eigenvalue weighted by atomic mass is 16.2. The SMILES string of the molecule is C/C(CC(=O)C(C)(C)C)=N\NC(=O)c1ccccc1. The van der Waals surface area contributed by atoms with Gasteiger partial charge in [0.2, 0.25) is 0 Å². The van der Waals surface area contributed by atoms with E-state index in [-0.39, 0.29) is 23.5 Å². The molecule has 4 nitrogen and oxygen atoms in total. The summed E-state index contributed by atoms with van der Waals surface area (Å²) in [6.07, 6.45) is 0.249. The first-order valence-electron chi connectivity index (χ1n) is 6.22. The van der Waals surface area contributed by atoms with Gasteiger partial charge in [-0.3, -0.25) is 9.59 Å². The standard InChI is InChI=1S/C15H20N2O2/c1-11(10-13(18)15(2,3)4)16-17-14(19)12-8-6-5-7-9-12/h5-9H,10H2,1-4H3,(H,17,19)/b16-11+. The zero-order chi connectivity index (χ0) is 14.5. The van der Waals surface area contributed by atoms with E-state index in [0.717, 1.165) is 0 Å². The summed E-state index contributed by atoms with van der Waals surface area (Å²) in [6, 6.07) is 8.83. The van der Waals surface area contributed by atoms with Crippen molar-refractivity contribution in [2.75, 3.05) is 0 Å². The van der Waals surface area contributed by atoms with Crippen LogP contribution in [-0.2, 0) is 4.79 Å².